The number of benzene rings is 1. The standard InChI is InChI=1S/C14H17ClN2O4/c15-11-7-9(5-6-12(11)17(20)21)14(19)16-8-10-3-1-2-4-13(10)18/h5-7,10,13,18H,1-4,8H2,(H,16,19). The number of hydrogen-bond donors (Lipinski definition) is 2. The number of amides is 1. The van der Waals surface area contributed by atoms with Crippen molar-refractivity contribution in [1.29, 1.82) is 0 Å². The molecule has 1 aliphatic rings. The van der Waals surface area contributed by atoms with Crippen LogP contribution in [0.5, 0.6) is 0 Å². The van der Waals surface area contributed by atoms with Crippen molar-refractivity contribution in [1.82, 2.24) is 5.32 Å². The van der Waals surface area contributed by atoms with Crippen molar-refractivity contribution in [3.05, 3.63) is 38.9 Å². The third kappa shape index (κ3) is 3.92. The Kier molecular flexibility index (Phi) is 5.14. The molecule has 114 valence electrons. The van der Waals surface area contributed by atoms with Crippen LogP contribution in [-0.2, 0) is 0 Å². The fourth-order valence-corrected chi connectivity index (χ4v) is 2.80. The largest absolute Gasteiger partial charge is 0.393 e. The van der Waals surface area contributed by atoms with Gasteiger partial charge in [-0.15, -0.1) is 0 Å². The van der Waals surface area contributed by atoms with E-state index in [2.05, 4.69) is 5.32 Å². The molecule has 2 unspecified atom stereocenters. The highest BCUT2D eigenvalue weighted by Gasteiger charge is 2.23. The van der Waals surface area contributed by atoms with Crippen molar-refractivity contribution < 1.29 is 14.8 Å². The number of hydrogen-bond acceptors (Lipinski definition) is 4. The Morgan fingerprint density at radius 1 is 1.43 bits per heavy atom. The second-order valence-corrected chi connectivity index (χ2v) is 5.65. The number of aliphatic hydroxyl groups excluding tert-OH is 1. The molecule has 1 fully saturated rings. The van der Waals surface area contributed by atoms with Gasteiger partial charge < -0.3 is 10.4 Å². The van der Waals surface area contributed by atoms with Crippen LogP contribution < -0.4 is 5.32 Å². The van der Waals surface area contributed by atoms with Crippen LogP contribution in [0.1, 0.15) is 36.0 Å². The third-order valence-corrected chi connectivity index (χ3v) is 4.10. The van der Waals surface area contributed by atoms with E-state index < -0.39 is 4.92 Å². The summed E-state index contributed by atoms with van der Waals surface area (Å²) in [5.41, 5.74) is 0.0480. The molecule has 0 heterocycles. The SMILES string of the molecule is O=C(NCC1CCCCC1O)c1ccc([N+](=O)[O-])c(Cl)c1. The number of nitro benzene ring substituents is 1. The molecule has 2 atom stereocenters. The lowest BCUT2D eigenvalue weighted by molar-refractivity contribution is -0.384. The molecule has 0 aromatic heterocycles. The average Bonchev–Trinajstić information content (AvgIpc) is 2.45. The molecular formula is C14H17ClN2O4. The van der Waals surface area contributed by atoms with Crippen molar-refractivity contribution in [3.8, 4) is 0 Å². The Balaban J connectivity index is 1.97. The van der Waals surface area contributed by atoms with Gasteiger partial charge in [-0.25, -0.2) is 0 Å². The van der Waals surface area contributed by atoms with Crippen LogP contribution in [-0.4, -0.2) is 28.6 Å². The molecular weight excluding hydrogens is 296 g/mol. The number of nitro groups is 1. The molecule has 2 N–H and O–H groups in total. The van der Waals surface area contributed by atoms with E-state index in [4.69, 9.17) is 11.6 Å². The Hall–Kier alpha value is -1.66. The first-order chi connectivity index (χ1) is 9.99. The Bertz CT molecular complexity index is 550. The summed E-state index contributed by atoms with van der Waals surface area (Å²) in [6.07, 6.45) is 3.36. The highest BCUT2D eigenvalue weighted by Crippen LogP contribution is 2.26. The van der Waals surface area contributed by atoms with Crippen molar-refractivity contribution in [3.63, 3.8) is 0 Å². The highest BCUT2D eigenvalue weighted by molar-refractivity contribution is 6.33. The van der Waals surface area contributed by atoms with Crippen LogP contribution >= 0.6 is 11.6 Å². The van der Waals surface area contributed by atoms with Gasteiger partial charge in [-0.1, -0.05) is 24.4 Å². The molecule has 21 heavy (non-hydrogen) atoms. The molecule has 1 aromatic rings. The number of aliphatic hydroxyl groups is 1. The van der Waals surface area contributed by atoms with Gasteiger partial charge in [0.2, 0.25) is 0 Å². The Morgan fingerprint density at radius 3 is 2.76 bits per heavy atom. The lowest BCUT2D eigenvalue weighted by Gasteiger charge is -2.27. The Morgan fingerprint density at radius 2 is 2.14 bits per heavy atom. The molecule has 1 amide bonds. The molecule has 1 saturated carbocycles. The van der Waals surface area contributed by atoms with Gasteiger partial charge in [0.25, 0.3) is 11.6 Å². The van der Waals surface area contributed by atoms with E-state index in [-0.39, 0.29) is 34.2 Å². The smallest absolute Gasteiger partial charge is 0.287 e. The first-order valence-electron chi connectivity index (χ1n) is 6.89. The topological polar surface area (TPSA) is 92.5 Å². The second-order valence-electron chi connectivity index (χ2n) is 5.25. The second kappa shape index (κ2) is 6.87. The van der Waals surface area contributed by atoms with Crippen molar-refractivity contribution in [2.75, 3.05) is 6.54 Å². The van der Waals surface area contributed by atoms with Gasteiger partial charge in [0.05, 0.1) is 11.0 Å². The summed E-state index contributed by atoms with van der Waals surface area (Å²) in [5, 5.41) is 23.2. The third-order valence-electron chi connectivity index (χ3n) is 3.80. The van der Waals surface area contributed by atoms with E-state index >= 15 is 0 Å². The predicted octanol–water partition coefficient (Wildman–Crippen LogP) is 2.53. The first kappa shape index (κ1) is 15.7. The summed E-state index contributed by atoms with van der Waals surface area (Å²) in [5.74, 6) is -0.277. The zero-order chi connectivity index (χ0) is 15.4. The molecule has 0 saturated heterocycles. The lowest BCUT2D eigenvalue weighted by Crippen LogP contribution is -2.36. The van der Waals surface area contributed by atoms with E-state index in [0.29, 0.717) is 6.54 Å². The summed E-state index contributed by atoms with van der Waals surface area (Å²) in [6.45, 7) is 0.397. The molecule has 0 aliphatic heterocycles. The maximum absolute atomic E-state index is 12.0. The maximum atomic E-state index is 12.0. The maximum Gasteiger partial charge on any atom is 0.287 e. The van der Waals surface area contributed by atoms with E-state index in [9.17, 15) is 20.0 Å². The zero-order valence-electron chi connectivity index (χ0n) is 11.4. The van der Waals surface area contributed by atoms with Crippen molar-refractivity contribution >= 4 is 23.2 Å². The highest BCUT2D eigenvalue weighted by atomic mass is 35.5. The number of rotatable bonds is 4. The number of halogens is 1. The van der Waals surface area contributed by atoms with E-state index in [1.807, 2.05) is 0 Å². The fourth-order valence-electron chi connectivity index (χ4n) is 2.55. The number of carbonyl (C=O) groups excluding carboxylic acids is 1. The average molecular weight is 313 g/mol. The van der Waals surface area contributed by atoms with Crippen LogP contribution in [0.4, 0.5) is 5.69 Å². The van der Waals surface area contributed by atoms with Crippen LogP contribution in [0.25, 0.3) is 0 Å². The van der Waals surface area contributed by atoms with Gasteiger partial charge >= 0.3 is 0 Å². The minimum Gasteiger partial charge on any atom is -0.393 e. The summed E-state index contributed by atoms with van der Waals surface area (Å²) >= 11 is 5.78. The number of carbonyl (C=O) groups is 1. The molecule has 7 heteroatoms. The summed E-state index contributed by atoms with van der Waals surface area (Å²) in [6, 6.07) is 3.87. The van der Waals surface area contributed by atoms with Crippen molar-refractivity contribution in [2.24, 2.45) is 5.92 Å². The van der Waals surface area contributed by atoms with Gasteiger partial charge in [0.1, 0.15) is 5.02 Å². The van der Waals surface area contributed by atoms with E-state index in [1.165, 1.54) is 18.2 Å². The number of nitrogens with one attached hydrogen (secondary N) is 1. The van der Waals surface area contributed by atoms with Crippen molar-refractivity contribution in [2.45, 2.75) is 31.8 Å². The normalized spacial score (nSPS) is 21.8. The molecule has 0 spiro atoms. The molecule has 0 bridgehead atoms. The molecule has 6 nitrogen and oxygen atoms in total. The quantitative estimate of drug-likeness (QED) is 0.660. The van der Waals surface area contributed by atoms with Crippen LogP contribution in [0.2, 0.25) is 5.02 Å². The zero-order valence-corrected chi connectivity index (χ0v) is 12.2. The van der Waals surface area contributed by atoms with Gasteiger partial charge in [0.15, 0.2) is 0 Å². The van der Waals surface area contributed by atoms with E-state index in [1.54, 1.807) is 0 Å². The molecule has 2 rings (SSSR count). The van der Waals surface area contributed by atoms with Gasteiger partial charge in [-0.2, -0.15) is 0 Å². The van der Waals surface area contributed by atoms with Gasteiger partial charge in [0, 0.05) is 24.1 Å². The van der Waals surface area contributed by atoms with Crippen LogP contribution in [0.3, 0.4) is 0 Å². The monoisotopic (exact) mass is 312 g/mol. The number of nitrogens with zero attached hydrogens (tertiary/aromatic N) is 1. The summed E-state index contributed by atoms with van der Waals surface area (Å²) in [7, 11) is 0. The lowest BCUT2D eigenvalue weighted by atomic mass is 9.86. The van der Waals surface area contributed by atoms with Crippen LogP contribution in [0, 0.1) is 16.0 Å². The van der Waals surface area contributed by atoms with Gasteiger partial charge in [-0.3, -0.25) is 14.9 Å². The van der Waals surface area contributed by atoms with Gasteiger partial charge in [-0.05, 0) is 25.0 Å². The predicted molar refractivity (Wildman–Crippen MR) is 78.4 cm³/mol. The van der Waals surface area contributed by atoms with Crippen LogP contribution in [0.15, 0.2) is 18.2 Å². The summed E-state index contributed by atoms with van der Waals surface area (Å²) < 4.78 is 0. The molecule has 1 aliphatic carbocycles. The summed E-state index contributed by atoms with van der Waals surface area (Å²) in [4.78, 5) is 22.1. The molecule has 1 aromatic carbocycles. The fraction of sp³-hybridized carbons (Fsp3) is 0.500. The van der Waals surface area contributed by atoms with E-state index in [0.717, 1.165) is 25.7 Å². The first-order valence-corrected chi connectivity index (χ1v) is 7.27. The molecule has 0 radical (unpaired) electrons. The Labute approximate surface area is 127 Å². The minimum atomic E-state index is -0.595. The minimum absolute atomic E-state index is 0.0645.